The number of nitrogens with one attached hydrogen (secondary N) is 1. The quantitative estimate of drug-likeness (QED) is 0.818. The Hall–Kier alpha value is -0.180. The SMILES string of the molecule is CC1(CN=C2NC3(CCCCC3)CS2)CCCC1. The summed E-state index contributed by atoms with van der Waals surface area (Å²) in [5.41, 5.74) is 0.913. The van der Waals surface area contributed by atoms with Gasteiger partial charge in [0, 0.05) is 17.8 Å². The minimum Gasteiger partial charge on any atom is -0.359 e. The molecule has 0 aromatic heterocycles. The number of amidine groups is 1. The van der Waals surface area contributed by atoms with Crippen LogP contribution in [0.1, 0.15) is 64.7 Å². The zero-order valence-electron chi connectivity index (χ0n) is 11.6. The largest absolute Gasteiger partial charge is 0.359 e. The molecular weight excluding hydrogens is 240 g/mol. The van der Waals surface area contributed by atoms with Crippen molar-refractivity contribution in [3.05, 3.63) is 0 Å². The Balaban J connectivity index is 1.57. The molecule has 2 aliphatic carbocycles. The number of hydrogen-bond acceptors (Lipinski definition) is 2. The summed E-state index contributed by atoms with van der Waals surface area (Å²) in [5, 5.41) is 5.00. The van der Waals surface area contributed by atoms with E-state index in [1.165, 1.54) is 68.7 Å². The van der Waals surface area contributed by atoms with Gasteiger partial charge in [-0.25, -0.2) is 0 Å². The summed E-state index contributed by atoms with van der Waals surface area (Å²) in [6.45, 7) is 3.46. The van der Waals surface area contributed by atoms with Crippen molar-refractivity contribution in [3.8, 4) is 0 Å². The molecule has 1 N–H and O–H groups in total. The molecule has 3 fully saturated rings. The molecule has 3 heteroatoms. The molecular formula is C15H26N2S. The number of nitrogens with zero attached hydrogens (tertiary/aromatic N) is 1. The van der Waals surface area contributed by atoms with Crippen molar-refractivity contribution in [1.82, 2.24) is 5.32 Å². The van der Waals surface area contributed by atoms with Crippen LogP contribution in [0.4, 0.5) is 0 Å². The highest BCUT2D eigenvalue weighted by Gasteiger charge is 2.38. The highest BCUT2D eigenvalue weighted by Crippen LogP contribution is 2.39. The fourth-order valence-electron chi connectivity index (χ4n) is 3.74. The summed E-state index contributed by atoms with van der Waals surface area (Å²) in [5.74, 6) is 1.25. The van der Waals surface area contributed by atoms with Gasteiger partial charge in [0.25, 0.3) is 0 Å². The summed E-state index contributed by atoms with van der Waals surface area (Å²) in [4.78, 5) is 4.90. The van der Waals surface area contributed by atoms with Crippen LogP contribution in [-0.2, 0) is 0 Å². The Kier molecular flexibility index (Phi) is 3.61. The van der Waals surface area contributed by atoms with Crippen LogP contribution in [0.15, 0.2) is 4.99 Å². The van der Waals surface area contributed by atoms with Crippen molar-refractivity contribution in [1.29, 1.82) is 0 Å². The topological polar surface area (TPSA) is 24.4 Å². The average molecular weight is 266 g/mol. The van der Waals surface area contributed by atoms with E-state index in [4.69, 9.17) is 4.99 Å². The second-order valence-electron chi connectivity index (χ2n) is 6.89. The first-order valence-electron chi connectivity index (χ1n) is 7.65. The maximum atomic E-state index is 4.90. The summed E-state index contributed by atoms with van der Waals surface area (Å²) >= 11 is 1.97. The Morgan fingerprint density at radius 1 is 1.06 bits per heavy atom. The number of hydrogen-bond donors (Lipinski definition) is 1. The summed E-state index contributed by atoms with van der Waals surface area (Å²) < 4.78 is 0. The molecule has 2 saturated carbocycles. The Bertz CT molecular complexity index is 325. The van der Waals surface area contributed by atoms with Crippen molar-refractivity contribution >= 4 is 16.9 Å². The van der Waals surface area contributed by atoms with Crippen LogP contribution in [0.25, 0.3) is 0 Å². The first-order valence-corrected chi connectivity index (χ1v) is 8.64. The van der Waals surface area contributed by atoms with E-state index in [0.29, 0.717) is 11.0 Å². The van der Waals surface area contributed by atoms with Gasteiger partial charge in [-0.2, -0.15) is 0 Å². The average Bonchev–Trinajstić information content (AvgIpc) is 2.97. The van der Waals surface area contributed by atoms with Gasteiger partial charge in [-0.15, -0.1) is 0 Å². The zero-order valence-corrected chi connectivity index (χ0v) is 12.5. The minimum atomic E-state index is 0.415. The van der Waals surface area contributed by atoms with Gasteiger partial charge < -0.3 is 5.32 Å². The fraction of sp³-hybridized carbons (Fsp3) is 0.933. The molecule has 0 radical (unpaired) electrons. The molecule has 2 nitrogen and oxygen atoms in total. The van der Waals surface area contributed by atoms with Gasteiger partial charge in [-0.05, 0) is 31.1 Å². The third kappa shape index (κ3) is 2.71. The molecule has 1 saturated heterocycles. The van der Waals surface area contributed by atoms with Crippen LogP contribution in [-0.4, -0.2) is 23.0 Å². The van der Waals surface area contributed by atoms with E-state index in [-0.39, 0.29) is 0 Å². The summed E-state index contributed by atoms with van der Waals surface area (Å²) in [6, 6.07) is 0. The van der Waals surface area contributed by atoms with Gasteiger partial charge in [0.15, 0.2) is 5.17 Å². The van der Waals surface area contributed by atoms with Gasteiger partial charge >= 0.3 is 0 Å². The lowest BCUT2D eigenvalue weighted by molar-refractivity contribution is 0.302. The van der Waals surface area contributed by atoms with E-state index in [2.05, 4.69) is 12.2 Å². The molecule has 1 heterocycles. The summed E-state index contributed by atoms with van der Waals surface area (Å²) in [6.07, 6.45) is 12.5. The first-order chi connectivity index (χ1) is 8.70. The number of thioether (sulfide) groups is 1. The lowest BCUT2D eigenvalue weighted by atomic mass is 9.83. The van der Waals surface area contributed by atoms with Crippen LogP contribution < -0.4 is 5.32 Å². The van der Waals surface area contributed by atoms with Crippen molar-refractivity contribution in [2.45, 2.75) is 70.3 Å². The summed E-state index contributed by atoms with van der Waals surface area (Å²) in [7, 11) is 0. The predicted octanol–water partition coefficient (Wildman–Crippen LogP) is 3.96. The number of rotatable bonds is 2. The van der Waals surface area contributed by atoms with Crippen molar-refractivity contribution < 1.29 is 0 Å². The van der Waals surface area contributed by atoms with Crippen molar-refractivity contribution in [2.75, 3.05) is 12.3 Å². The monoisotopic (exact) mass is 266 g/mol. The van der Waals surface area contributed by atoms with Gasteiger partial charge in [0.1, 0.15) is 0 Å². The normalized spacial score (nSPS) is 31.9. The smallest absolute Gasteiger partial charge is 0.157 e. The van der Waals surface area contributed by atoms with Crippen molar-refractivity contribution in [2.24, 2.45) is 10.4 Å². The second-order valence-corrected chi connectivity index (χ2v) is 7.86. The van der Waals surface area contributed by atoms with E-state index in [0.717, 1.165) is 6.54 Å². The maximum Gasteiger partial charge on any atom is 0.157 e. The maximum absolute atomic E-state index is 4.90. The highest BCUT2D eigenvalue weighted by molar-refractivity contribution is 8.14. The molecule has 0 atom stereocenters. The Morgan fingerprint density at radius 2 is 1.72 bits per heavy atom. The zero-order chi connectivity index (χ0) is 12.5. The Morgan fingerprint density at radius 3 is 2.44 bits per heavy atom. The molecule has 1 spiro atoms. The van der Waals surface area contributed by atoms with Crippen LogP contribution in [0.2, 0.25) is 0 Å². The third-order valence-corrected chi connectivity index (χ3v) is 6.28. The van der Waals surface area contributed by atoms with Crippen LogP contribution >= 0.6 is 11.8 Å². The molecule has 0 unspecified atom stereocenters. The van der Waals surface area contributed by atoms with E-state index < -0.39 is 0 Å². The molecule has 0 aromatic carbocycles. The van der Waals surface area contributed by atoms with E-state index >= 15 is 0 Å². The molecule has 1 aliphatic heterocycles. The lowest BCUT2D eigenvalue weighted by Crippen LogP contribution is -2.45. The van der Waals surface area contributed by atoms with E-state index in [1.54, 1.807) is 0 Å². The van der Waals surface area contributed by atoms with E-state index in [1.807, 2.05) is 11.8 Å². The predicted molar refractivity (Wildman–Crippen MR) is 80.3 cm³/mol. The second kappa shape index (κ2) is 5.07. The molecule has 0 aromatic rings. The van der Waals surface area contributed by atoms with E-state index in [9.17, 15) is 0 Å². The van der Waals surface area contributed by atoms with Crippen LogP contribution in [0.5, 0.6) is 0 Å². The molecule has 3 aliphatic rings. The molecule has 18 heavy (non-hydrogen) atoms. The van der Waals surface area contributed by atoms with Gasteiger partial charge in [0.05, 0.1) is 0 Å². The molecule has 102 valence electrons. The number of aliphatic imine (C=N–C) groups is 1. The first kappa shape index (κ1) is 12.8. The Labute approximate surface area is 115 Å². The van der Waals surface area contributed by atoms with Gasteiger partial charge in [-0.1, -0.05) is 50.8 Å². The molecule has 0 bridgehead atoms. The standard InChI is InChI=1S/C15H26N2S/c1-14(7-5-6-8-14)11-16-13-17-15(12-18-13)9-3-2-4-10-15/h2-12H2,1H3,(H,16,17). The lowest BCUT2D eigenvalue weighted by Gasteiger charge is -2.32. The minimum absolute atomic E-state index is 0.415. The molecule has 3 rings (SSSR count). The van der Waals surface area contributed by atoms with Crippen molar-refractivity contribution in [3.63, 3.8) is 0 Å². The van der Waals surface area contributed by atoms with Crippen LogP contribution in [0.3, 0.4) is 0 Å². The van der Waals surface area contributed by atoms with Gasteiger partial charge in [0.2, 0.25) is 0 Å². The molecule has 0 amide bonds. The fourth-order valence-corrected chi connectivity index (χ4v) is 4.96. The van der Waals surface area contributed by atoms with Crippen LogP contribution in [0, 0.1) is 5.41 Å². The third-order valence-electron chi connectivity index (χ3n) is 5.08. The van der Waals surface area contributed by atoms with Gasteiger partial charge in [-0.3, -0.25) is 4.99 Å². The highest BCUT2D eigenvalue weighted by atomic mass is 32.2.